The van der Waals surface area contributed by atoms with E-state index >= 15 is 0 Å². The molecule has 32 heavy (non-hydrogen) atoms. The number of nitrogens with one attached hydrogen (secondary N) is 2. The average molecular weight is 456 g/mol. The van der Waals surface area contributed by atoms with Crippen molar-refractivity contribution >= 4 is 40.7 Å². The van der Waals surface area contributed by atoms with E-state index < -0.39 is 11.4 Å². The average Bonchev–Trinajstić information content (AvgIpc) is 2.88. The predicted octanol–water partition coefficient (Wildman–Crippen LogP) is 5.06. The van der Waals surface area contributed by atoms with Gasteiger partial charge in [0.25, 0.3) is 0 Å². The number of hydrogen-bond acceptors (Lipinski definition) is 5. The SMILES string of the molecule is CCOC(=O)C1=C(CC)Nc2ccccc2N=C1NC(=O)C12CC3CC(CC(Cl)(C3)C1)C2. The van der Waals surface area contributed by atoms with E-state index in [2.05, 4.69) is 10.6 Å². The first kappa shape index (κ1) is 21.5. The van der Waals surface area contributed by atoms with Gasteiger partial charge in [0.2, 0.25) is 5.91 Å². The minimum Gasteiger partial charge on any atom is -0.462 e. The Labute approximate surface area is 193 Å². The fraction of sp³-hybridized carbons (Fsp3) is 0.560. The second-order valence-corrected chi connectivity index (χ2v) is 10.7. The maximum absolute atomic E-state index is 13.8. The minimum atomic E-state index is -0.486. The standard InChI is InChI=1S/C25H30ClN3O3/c1-3-17-20(22(30)32-4-2)21(28-19-8-6-5-7-18(19)27-17)29-23(31)24-10-15-9-16(11-24)13-25(26,12-15)14-24/h5-8,15-16,27H,3-4,9-14H2,1-2H3,(H,28,29,31). The maximum Gasteiger partial charge on any atom is 0.343 e. The Kier molecular flexibility index (Phi) is 5.31. The number of anilines is 1. The molecule has 0 aromatic heterocycles. The van der Waals surface area contributed by atoms with Gasteiger partial charge in [-0.05, 0) is 75.8 Å². The van der Waals surface area contributed by atoms with Crippen LogP contribution in [0.2, 0.25) is 0 Å². The summed E-state index contributed by atoms with van der Waals surface area (Å²) in [6.07, 6.45) is 6.18. The second-order valence-electron chi connectivity index (χ2n) is 9.88. The van der Waals surface area contributed by atoms with Crippen LogP contribution in [0.5, 0.6) is 0 Å². The van der Waals surface area contributed by atoms with Gasteiger partial charge in [-0.2, -0.15) is 0 Å². The molecule has 7 heteroatoms. The van der Waals surface area contributed by atoms with Crippen LogP contribution in [0.15, 0.2) is 40.5 Å². The summed E-state index contributed by atoms with van der Waals surface area (Å²) in [5.41, 5.74) is 1.97. The molecule has 5 aliphatic rings. The first-order chi connectivity index (χ1) is 15.3. The number of allylic oxidation sites excluding steroid dienone is 1. The van der Waals surface area contributed by atoms with E-state index in [0.717, 1.165) is 31.4 Å². The number of esters is 1. The molecule has 4 aliphatic carbocycles. The third kappa shape index (κ3) is 3.62. The van der Waals surface area contributed by atoms with E-state index in [1.54, 1.807) is 6.92 Å². The van der Waals surface area contributed by atoms with Gasteiger partial charge in [0, 0.05) is 10.6 Å². The normalized spacial score (nSPS) is 32.5. The van der Waals surface area contributed by atoms with Crippen LogP contribution in [0.1, 0.15) is 58.8 Å². The first-order valence-corrected chi connectivity index (χ1v) is 12.1. The number of rotatable bonds is 4. The molecule has 4 saturated carbocycles. The Morgan fingerprint density at radius 1 is 1.19 bits per heavy atom. The Bertz CT molecular complexity index is 1020. The summed E-state index contributed by atoms with van der Waals surface area (Å²) in [5.74, 6) is 0.727. The van der Waals surface area contributed by atoms with Crippen molar-refractivity contribution in [2.24, 2.45) is 22.2 Å². The lowest BCUT2D eigenvalue weighted by atomic mass is 9.49. The Morgan fingerprint density at radius 3 is 2.56 bits per heavy atom. The summed E-state index contributed by atoms with van der Waals surface area (Å²) in [6, 6.07) is 7.59. The highest BCUT2D eigenvalue weighted by molar-refractivity contribution is 6.26. The molecule has 1 aliphatic heterocycles. The summed E-state index contributed by atoms with van der Waals surface area (Å²) >= 11 is 6.96. The molecule has 0 radical (unpaired) electrons. The molecule has 170 valence electrons. The summed E-state index contributed by atoms with van der Waals surface area (Å²) in [6.45, 7) is 3.98. The number of ether oxygens (including phenoxy) is 1. The molecule has 2 unspecified atom stereocenters. The zero-order valence-corrected chi connectivity index (χ0v) is 19.4. The van der Waals surface area contributed by atoms with Gasteiger partial charge in [0.1, 0.15) is 11.4 Å². The Hall–Kier alpha value is -2.34. The van der Waals surface area contributed by atoms with Crippen LogP contribution in [0, 0.1) is 17.3 Å². The van der Waals surface area contributed by atoms with Crippen LogP contribution in [0.4, 0.5) is 11.4 Å². The van der Waals surface area contributed by atoms with Crippen LogP contribution in [0.3, 0.4) is 0 Å². The van der Waals surface area contributed by atoms with Gasteiger partial charge < -0.3 is 15.4 Å². The van der Waals surface area contributed by atoms with Crippen LogP contribution in [-0.2, 0) is 14.3 Å². The van der Waals surface area contributed by atoms with Crippen molar-refractivity contribution in [2.45, 2.75) is 63.7 Å². The number of hydrogen-bond donors (Lipinski definition) is 2. The van der Waals surface area contributed by atoms with E-state index in [9.17, 15) is 9.59 Å². The topological polar surface area (TPSA) is 79.8 Å². The number of aliphatic imine (C=N–C) groups is 1. The van der Waals surface area contributed by atoms with E-state index in [1.165, 1.54) is 6.42 Å². The zero-order valence-electron chi connectivity index (χ0n) is 18.7. The minimum absolute atomic E-state index is 0.0630. The number of amidine groups is 1. The quantitative estimate of drug-likeness (QED) is 0.491. The molecule has 1 heterocycles. The van der Waals surface area contributed by atoms with Crippen LogP contribution >= 0.6 is 11.6 Å². The number of benzene rings is 1. The Morgan fingerprint density at radius 2 is 1.91 bits per heavy atom. The number of amides is 1. The monoisotopic (exact) mass is 455 g/mol. The van der Waals surface area contributed by atoms with E-state index in [-0.39, 0.29) is 23.2 Å². The molecular formula is C25H30ClN3O3. The molecular weight excluding hydrogens is 426 g/mol. The molecule has 4 bridgehead atoms. The third-order valence-electron chi connectivity index (χ3n) is 7.50. The van der Waals surface area contributed by atoms with Crippen molar-refractivity contribution in [1.29, 1.82) is 0 Å². The molecule has 6 rings (SSSR count). The van der Waals surface area contributed by atoms with Gasteiger partial charge in [-0.1, -0.05) is 19.1 Å². The molecule has 4 fully saturated rings. The molecule has 1 amide bonds. The van der Waals surface area contributed by atoms with Gasteiger partial charge in [-0.15, -0.1) is 11.6 Å². The van der Waals surface area contributed by atoms with Gasteiger partial charge in [-0.25, -0.2) is 9.79 Å². The van der Waals surface area contributed by atoms with E-state index in [1.807, 2.05) is 31.2 Å². The highest BCUT2D eigenvalue weighted by Gasteiger charge is 2.60. The summed E-state index contributed by atoms with van der Waals surface area (Å²) in [7, 11) is 0. The largest absolute Gasteiger partial charge is 0.462 e. The van der Waals surface area contributed by atoms with Crippen molar-refractivity contribution in [3.8, 4) is 0 Å². The number of halogens is 1. The molecule has 2 N–H and O–H groups in total. The first-order valence-electron chi connectivity index (χ1n) is 11.7. The molecule has 0 spiro atoms. The summed E-state index contributed by atoms with van der Waals surface area (Å²) in [4.78, 5) is 31.3. The van der Waals surface area contributed by atoms with Gasteiger partial charge in [0.15, 0.2) is 0 Å². The number of carbonyl (C=O) groups excluding carboxylic acids is 2. The van der Waals surface area contributed by atoms with Crippen LogP contribution in [0.25, 0.3) is 0 Å². The fourth-order valence-electron chi connectivity index (χ4n) is 6.66. The van der Waals surface area contributed by atoms with Gasteiger partial charge in [-0.3, -0.25) is 4.79 Å². The summed E-state index contributed by atoms with van der Waals surface area (Å²) in [5, 5.41) is 6.42. The number of carbonyl (C=O) groups is 2. The van der Waals surface area contributed by atoms with Crippen molar-refractivity contribution in [3.63, 3.8) is 0 Å². The molecule has 2 atom stereocenters. The maximum atomic E-state index is 13.8. The molecule has 6 nitrogen and oxygen atoms in total. The lowest BCUT2D eigenvalue weighted by molar-refractivity contribution is -0.143. The Balaban J connectivity index is 1.53. The lowest BCUT2D eigenvalue weighted by Crippen LogP contribution is -2.59. The number of fused-ring (bicyclic) bond motifs is 1. The molecule has 0 saturated heterocycles. The lowest BCUT2D eigenvalue weighted by Gasteiger charge is -2.59. The number of alkyl halides is 1. The van der Waals surface area contributed by atoms with Gasteiger partial charge in [0.05, 0.1) is 23.4 Å². The fourth-order valence-corrected chi connectivity index (χ4v) is 7.35. The molecule has 1 aromatic carbocycles. The van der Waals surface area contributed by atoms with Crippen molar-refractivity contribution < 1.29 is 14.3 Å². The second kappa shape index (κ2) is 7.91. The number of nitrogens with zero attached hydrogens (tertiary/aromatic N) is 1. The van der Waals surface area contributed by atoms with Crippen LogP contribution < -0.4 is 10.6 Å². The number of para-hydroxylation sites is 2. The summed E-state index contributed by atoms with van der Waals surface area (Å²) < 4.78 is 5.35. The molecule has 1 aromatic rings. The van der Waals surface area contributed by atoms with Crippen LogP contribution in [-0.4, -0.2) is 29.2 Å². The highest BCUT2D eigenvalue weighted by Crippen LogP contribution is 2.63. The van der Waals surface area contributed by atoms with E-state index in [4.69, 9.17) is 21.3 Å². The van der Waals surface area contributed by atoms with Crippen molar-refractivity contribution in [2.75, 3.05) is 11.9 Å². The van der Waals surface area contributed by atoms with Crippen molar-refractivity contribution in [3.05, 3.63) is 35.5 Å². The predicted molar refractivity (Wildman–Crippen MR) is 125 cm³/mol. The smallest absolute Gasteiger partial charge is 0.343 e. The third-order valence-corrected chi connectivity index (χ3v) is 7.94. The zero-order chi connectivity index (χ0) is 22.5. The van der Waals surface area contributed by atoms with Gasteiger partial charge >= 0.3 is 5.97 Å². The highest BCUT2D eigenvalue weighted by atomic mass is 35.5. The van der Waals surface area contributed by atoms with E-state index in [0.29, 0.717) is 41.6 Å². The van der Waals surface area contributed by atoms with Crippen molar-refractivity contribution in [1.82, 2.24) is 5.32 Å².